The Bertz CT molecular complexity index is 669. The van der Waals surface area contributed by atoms with E-state index in [1.54, 1.807) is 31.2 Å². The van der Waals surface area contributed by atoms with Crippen molar-refractivity contribution in [3.05, 3.63) is 58.6 Å². The quantitative estimate of drug-likeness (QED) is 0.765. The topological polar surface area (TPSA) is 84.2 Å². The summed E-state index contributed by atoms with van der Waals surface area (Å²) >= 11 is 3.36. The number of amides is 2. The fourth-order valence-corrected chi connectivity index (χ4v) is 2.09. The third kappa shape index (κ3) is 4.33. The Morgan fingerprint density at radius 1 is 1.00 bits per heavy atom. The van der Waals surface area contributed by atoms with E-state index in [1.165, 1.54) is 0 Å². The molecule has 2 aromatic rings. The van der Waals surface area contributed by atoms with Crippen LogP contribution in [0.3, 0.4) is 0 Å². The van der Waals surface area contributed by atoms with E-state index < -0.39 is 11.9 Å². The number of carbonyl (C=O) groups excluding carboxylic acids is 2. The third-order valence-electron chi connectivity index (χ3n) is 3.06. The van der Waals surface area contributed by atoms with Gasteiger partial charge in [-0.3, -0.25) is 9.59 Å². The SMILES string of the molecule is CC(Nc1ccc(Br)cc1)C(=O)Nc1ccc(C(N)=O)cc1. The zero-order valence-corrected chi connectivity index (χ0v) is 13.6. The van der Waals surface area contributed by atoms with Gasteiger partial charge in [0.1, 0.15) is 6.04 Å². The highest BCUT2D eigenvalue weighted by atomic mass is 79.9. The summed E-state index contributed by atoms with van der Waals surface area (Å²) in [6.07, 6.45) is 0. The molecule has 0 aliphatic carbocycles. The fraction of sp³-hybridized carbons (Fsp3) is 0.125. The highest BCUT2D eigenvalue weighted by Crippen LogP contribution is 2.15. The number of hydrogen-bond acceptors (Lipinski definition) is 3. The Kier molecular flexibility index (Phi) is 5.16. The summed E-state index contributed by atoms with van der Waals surface area (Å²) in [5.74, 6) is -0.669. The lowest BCUT2D eigenvalue weighted by Crippen LogP contribution is -2.31. The molecule has 5 nitrogen and oxygen atoms in total. The van der Waals surface area contributed by atoms with Crippen LogP contribution in [-0.4, -0.2) is 17.9 Å². The van der Waals surface area contributed by atoms with Crippen LogP contribution in [0, 0.1) is 0 Å². The van der Waals surface area contributed by atoms with E-state index >= 15 is 0 Å². The third-order valence-corrected chi connectivity index (χ3v) is 3.59. The van der Waals surface area contributed by atoms with E-state index in [4.69, 9.17) is 5.73 Å². The summed E-state index contributed by atoms with van der Waals surface area (Å²) in [7, 11) is 0. The highest BCUT2D eigenvalue weighted by Gasteiger charge is 2.13. The molecule has 0 aliphatic heterocycles. The predicted octanol–water partition coefficient (Wildman–Crippen LogP) is 2.99. The van der Waals surface area contributed by atoms with Crippen LogP contribution in [0.5, 0.6) is 0 Å². The molecule has 2 amide bonds. The standard InChI is InChI=1S/C16H16BrN3O2/c1-10(19-13-8-4-12(17)5-9-13)16(22)20-14-6-2-11(3-7-14)15(18)21/h2-10,19H,1H3,(H2,18,21)(H,20,22). The minimum absolute atomic E-state index is 0.172. The Morgan fingerprint density at radius 3 is 2.09 bits per heavy atom. The van der Waals surface area contributed by atoms with Gasteiger partial charge in [0.05, 0.1) is 0 Å². The summed E-state index contributed by atoms with van der Waals surface area (Å²) in [5, 5.41) is 5.89. The molecule has 0 saturated heterocycles. The number of anilines is 2. The van der Waals surface area contributed by atoms with Gasteiger partial charge < -0.3 is 16.4 Å². The van der Waals surface area contributed by atoms with Crippen molar-refractivity contribution in [3.63, 3.8) is 0 Å². The molecule has 2 aromatic carbocycles. The van der Waals surface area contributed by atoms with Crippen molar-refractivity contribution in [2.45, 2.75) is 13.0 Å². The van der Waals surface area contributed by atoms with Gasteiger partial charge in [-0.1, -0.05) is 15.9 Å². The van der Waals surface area contributed by atoms with Gasteiger partial charge in [-0.15, -0.1) is 0 Å². The number of halogens is 1. The lowest BCUT2D eigenvalue weighted by molar-refractivity contribution is -0.116. The smallest absolute Gasteiger partial charge is 0.248 e. The maximum atomic E-state index is 12.1. The van der Waals surface area contributed by atoms with Crippen molar-refractivity contribution in [2.24, 2.45) is 5.73 Å². The van der Waals surface area contributed by atoms with E-state index in [1.807, 2.05) is 24.3 Å². The Balaban J connectivity index is 1.95. The molecule has 1 unspecified atom stereocenters. The maximum Gasteiger partial charge on any atom is 0.248 e. The Hall–Kier alpha value is -2.34. The van der Waals surface area contributed by atoms with E-state index in [0.717, 1.165) is 10.2 Å². The lowest BCUT2D eigenvalue weighted by Gasteiger charge is -2.15. The second-order valence-electron chi connectivity index (χ2n) is 4.80. The van der Waals surface area contributed by atoms with Crippen molar-refractivity contribution in [3.8, 4) is 0 Å². The van der Waals surface area contributed by atoms with Crippen LogP contribution < -0.4 is 16.4 Å². The average Bonchev–Trinajstić information content (AvgIpc) is 2.50. The molecule has 1 atom stereocenters. The van der Waals surface area contributed by atoms with Crippen LogP contribution in [0.15, 0.2) is 53.0 Å². The first-order valence-corrected chi connectivity index (χ1v) is 7.48. The zero-order valence-electron chi connectivity index (χ0n) is 12.0. The summed E-state index contributed by atoms with van der Waals surface area (Å²) in [6, 6.07) is 13.6. The highest BCUT2D eigenvalue weighted by molar-refractivity contribution is 9.10. The molecular formula is C16H16BrN3O2. The van der Waals surface area contributed by atoms with Crippen molar-refractivity contribution in [2.75, 3.05) is 10.6 Å². The summed E-state index contributed by atoms with van der Waals surface area (Å²) < 4.78 is 0.977. The molecular weight excluding hydrogens is 346 g/mol. The second kappa shape index (κ2) is 7.09. The van der Waals surface area contributed by atoms with Crippen LogP contribution in [0.2, 0.25) is 0 Å². The number of carbonyl (C=O) groups is 2. The first-order valence-electron chi connectivity index (χ1n) is 6.68. The molecule has 0 aliphatic rings. The van der Waals surface area contributed by atoms with Gasteiger partial charge >= 0.3 is 0 Å². The number of rotatable bonds is 5. The van der Waals surface area contributed by atoms with Crippen LogP contribution in [0.1, 0.15) is 17.3 Å². The number of benzene rings is 2. The van der Waals surface area contributed by atoms with Gasteiger partial charge in [0.25, 0.3) is 0 Å². The molecule has 0 aromatic heterocycles. The molecule has 6 heteroatoms. The molecule has 0 spiro atoms. The summed E-state index contributed by atoms with van der Waals surface area (Å²) in [5.41, 5.74) is 7.04. The van der Waals surface area contributed by atoms with E-state index in [0.29, 0.717) is 11.3 Å². The van der Waals surface area contributed by atoms with Crippen molar-refractivity contribution in [1.29, 1.82) is 0 Å². The zero-order chi connectivity index (χ0) is 16.1. The van der Waals surface area contributed by atoms with E-state index in [9.17, 15) is 9.59 Å². The Morgan fingerprint density at radius 2 is 1.55 bits per heavy atom. The van der Waals surface area contributed by atoms with Crippen molar-refractivity contribution < 1.29 is 9.59 Å². The van der Waals surface area contributed by atoms with E-state index in [2.05, 4.69) is 26.6 Å². The first kappa shape index (κ1) is 16.0. The van der Waals surface area contributed by atoms with Gasteiger partial charge in [-0.05, 0) is 55.5 Å². The number of nitrogens with two attached hydrogens (primary N) is 1. The molecule has 0 heterocycles. The second-order valence-corrected chi connectivity index (χ2v) is 5.72. The van der Waals surface area contributed by atoms with Crippen LogP contribution in [-0.2, 0) is 4.79 Å². The average molecular weight is 362 g/mol. The predicted molar refractivity (Wildman–Crippen MR) is 90.8 cm³/mol. The molecule has 4 N–H and O–H groups in total. The molecule has 2 rings (SSSR count). The Labute approximate surface area is 137 Å². The minimum atomic E-state index is -0.497. The van der Waals surface area contributed by atoms with Crippen LogP contribution in [0.4, 0.5) is 11.4 Å². The number of primary amides is 1. The fourth-order valence-electron chi connectivity index (χ4n) is 1.83. The maximum absolute atomic E-state index is 12.1. The largest absolute Gasteiger partial charge is 0.374 e. The van der Waals surface area contributed by atoms with Crippen LogP contribution in [0.25, 0.3) is 0 Å². The van der Waals surface area contributed by atoms with Gasteiger partial charge in [-0.2, -0.15) is 0 Å². The monoisotopic (exact) mass is 361 g/mol. The summed E-state index contributed by atoms with van der Waals surface area (Å²) in [6.45, 7) is 1.77. The van der Waals surface area contributed by atoms with Gasteiger partial charge in [-0.25, -0.2) is 0 Å². The van der Waals surface area contributed by atoms with E-state index in [-0.39, 0.29) is 5.91 Å². The summed E-state index contributed by atoms with van der Waals surface area (Å²) in [4.78, 5) is 23.1. The molecule has 114 valence electrons. The number of nitrogens with one attached hydrogen (secondary N) is 2. The molecule has 0 fully saturated rings. The van der Waals surface area contributed by atoms with Crippen molar-refractivity contribution >= 4 is 39.1 Å². The van der Waals surface area contributed by atoms with Gasteiger partial charge in [0.2, 0.25) is 11.8 Å². The normalized spacial score (nSPS) is 11.5. The van der Waals surface area contributed by atoms with Gasteiger partial charge in [0.15, 0.2) is 0 Å². The minimum Gasteiger partial charge on any atom is -0.374 e. The van der Waals surface area contributed by atoms with Gasteiger partial charge in [0, 0.05) is 21.4 Å². The molecule has 22 heavy (non-hydrogen) atoms. The van der Waals surface area contributed by atoms with Crippen molar-refractivity contribution in [1.82, 2.24) is 0 Å². The first-order chi connectivity index (χ1) is 10.5. The lowest BCUT2D eigenvalue weighted by atomic mass is 10.2. The molecule has 0 radical (unpaired) electrons. The molecule has 0 bridgehead atoms. The molecule has 0 saturated carbocycles. The number of hydrogen-bond donors (Lipinski definition) is 3. The van der Waals surface area contributed by atoms with Crippen LogP contribution >= 0.6 is 15.9 Å².